The van der Waals surface area contributed by atoms with E-state index in [1.807, 2.05) is 30.3 Å². The van der Waals surface area contributed by atoms with E-state index in [1.54, 1.807) is 12.1 Å². The predicted octanol–water partition coefficient (Wildman–Crippen LogP) is 5.13. The summed E-state index contributed by atoms with van der Waals surface area (Å²) < 4.78 is 7.09. The smallest absolute Gasteiger partial charge is 0.222 e. The van der Waals surface area contributed by atoms with Crippen LogP contribution in [0.15, 0.2) is 47.6 Å². The molecule has 0 fully saturated rings. The number of para-hydroxylation sites is 1. The molecule has 118 valence electrons. The van der Waals surface area contributed by atoms with Crippen molar-refractivity contribution < 1.29 is 9.84 Å². The number of ether oxygens (including phenoxy) is 1. The molecule has 1 heterocycles. The minimum Gasteiger partial charge on any atom is -0.493 e. The molecule has 0 aliphatic rings. The van der Waals surface area contributed by atoms with Crippen molar-refractivity contribution in [2.45, 2.75) is 6.54 Å². The lowest BCUT2D eigenvalue weighted by molar-refractivity contribution is 0.290. The summed E-state index contributed by atoms with van der Waals surface area (Å²) in [5, 5.41) is 14.2. The van der Waals surface area contributed by atoms with Gasteiger partial charge in [-0.05, 0) is 29.4 Å². The summed E-state index contributed by atoms with van der Waals surface area (Å²) in [6, 6.07) is 12.4. The molecule has 0 radical (unpaired) electrons. The van der Waals surface area contributed by atoms with Gasteiger partial charge in [-0.15, -0.1) is 4.91 Å². The van der Waals surface area contributed by atoms with Crippen LogP contribution in [0.4, 0.5) is 5.69 Å². The van der Waals surface area contributed by atoms with Gasteiger partial charge in [-0.3, -0.25) is 0 Å². The third kappa shape index (κ3) is 2.85. The van der Waals surface area contributed by atoms with Crippen LogP contribution in [0.2, 0.25) is 10.0 Å². The molecule has 0 spiro atoms. The molecule has 0 saturated heterocycles. The Labute approximate surface area is 142 Å². The fourth-order valence-corrected chi connectivity index (χ4v) is 2.85. The number of halogens is 2. The van der Waals surface area contributed by atoms with Crippen LogP contribution in [-0.2, 0) is 6.54 Å². The van der Waals surface area contributed by atoms with Gasteiger partial charge < -0.3 is 14.4 Å². The van der Waals surface area contributed by atoms with E-state index in [-0.39, 0.29) is 29.7 Å². The van der Waals surface area contributed by atoms with Gasteiger partial charge >= 0.3 is 0 Å². The Hall–Kier alpha value is -2.24. The molecule has 3 rings (SSSR count). The summed E-state index contributed by atoms with van der Waals surface area (Å²) in [5.74, 6) is 0.456. The molecule has 0 aliphatic heterocycles. The molecule has 2 aromatic carbocycles. The first-order valence-corrected chi connectivity index (χ1v) is 7.59. The first-order chi connectivity index (χ1) is 11.1. The van der Waals surface area contributed by atoms with Gasteiger partial charge in [0.15, 0.2) is 5.69 Å². The number of nitrogens with zero attached hydrogens (tertiary/aromatic N) is 2. The van der Waals surface area contributed by atoms with E-state index in [2.05, 4.69) is 5.18 Å². The first kappa shape index (κ1) is 15.6. The molecule has 0 unspecified atom stereocenters. The Kier molecular flexibility index (Phi) is 4.41. The average molecular weight is 351 g/mol. The standard InChI is InChI=1S/C16H12Cl2N2O3/c17-12-7-6-11-14(19-22)16(21)20(15(11)13(12)18)8-9-23-10-4-2-1-3-5-10/h1-7,21H,8-9H2. The van der Waals surface area contributed by atoms with E-state index in [4.69, 9.17) is 27.9 Å². The van der Waals surface area contributed by atoms with Crippen LogP contribution in [-0.4, -0.2) is 16.3 Å². The number of aromatic hydroxyl groups is 1. The van der Waals surface area contributed by atoms with Crippen LogP contribution >= 0.6 is 23.2 Å². The van der Waals surface area contributed by atoms with Crippen molar-refractivity contribution in [2.75, 3.05) is 6.61 Å². The maximum atomic E-state index is 11.0. The lowest BCUT2D eigenvalue weighted by atomic mass is 10.2. The van der Waals surface area contributed by atoms with Crippen molar-refractivity contribution >= 4 is 39.8 Å². The Morgan fingerprint density at radius 2 is 1.87 bits per heavy atom. The maximum absolute atomic E-state index is 11.0. The Balaban J connectivity index is 1.95. The second-order valence-corrected chi connectivity index (χ2v) is 5.62. The lowest BCUT2D eigenvalue weighted by Crippen LogP contribution is -2.07. The summed E-state index contributed by atoms with van der Waals surface area (Å²) in [6.45, 7) is 0.565. The van der Waals surface area contributed by atoms with Crippen LogP contribution in [0.25, 0.3) is 10.9 Å². The highest BCUT2D eigenvalue weighted by atomic mass is 35.5. The Morgan fingerprint density at radius 1 is 1.13 bits per heavy atom. The molecular weight excluding hydrogens is 339 g/mol. The van der Waals surface area contributed by atoms with Gasteiger partial charge in [0.05, 0.1) is 22.1 Å². The summed E-state index contributed by atoms with van der Waals surface area (Å²) in [5.41, 5.74) is 0.404. The molecule has 5 nitrogen and oxygen atoms in total. The van der Waals surface area contributed by atoms with E-state index in [0.29, 0.717) is 21.7 Å². The largest absolute Gasteiger partial charge is 0.493 e. The molecule has 3 aromatic rings. The molecule has 0 amide bonds. The highest BCUT2D eigenvalue weighted by Crippen LogP contribution is 2.43. The summed E-state index contributed by atoms with van der Waals surface area (Å²) in [7, 11) is 0. The number of nitroso groups, excluding NO2 is 1. The van der Waals surface area contributed by atoms with Crippen molar-refractivity contribution in [1.82, 2.24) is 4.57 Å². The topological polar surface area (TPSA) is 63.8 Å². The summed E-state index contributed by atoms with van der Waals surface area (Å²) in [4.78, 5) is 11.0. The lowest BCUT2D eigenvalue weighted by Gasteiger charge is -2.10. The molecule has 7 heteroatoms. The van der Waals surface area contributed by atoms with Gasteiger partial charge in [0.2, 0.25) is 5.88 Å². The zero-order valence-electron chi connectivity index (χ0n) is 11.9. The zero-order valence-corrected chi connectivity index (χ0v) is 13.4. The predicted molar refractivity (Wildman–Crippen MR) is 91.0 cm³/mol. The van der Waals surface area contributed by atoms with Crippen molar-refractivity contribution in [3.63, 3.8) is 0 Å². The van der Waals surface area contributed by atoms with Crippen molar-refractivity contribution in [3.05, 3.63) is 57.4 Å². The number of rotatable bonds is 5. The minimum atomic E-state index is -0.254. The van der Waals surface area contributed by atoms with Crippen LogP contribution in [0.5, 0.6) is 11.6 Å². The maximum Gasteiger partial charge on any atom is 0.222 e. The second-order valence-electron chi connectivity index (χ2n) is 4.83. The monoisotopic (exact) mass is 350 g/mol. The molecule has 1 aromatic heterocycles. The molecule has 0 aliphatic carbocycles. The third-order valence-electron chi connectivity index (χ3n) is 3.48. The normalized spacial score (nSPS) is 10.9. The number of benzene rings is 2. The second kappa shape index (κ2) is 6.48. The van der Waals surface area contributed by atoms with Gasteiger partial charge in [-0.1, -0.05) is 41.4 Å². The van der Waals surface area contributed by atoms with Crippen LogP contribution < -0.4 is 4.74 Å². The molecular formula is C16H12Cl2N2O3. The molecule has 0 atom stereocenters. The van der Waals surface area contributed by atoms with Crippen LogP contribution in [0, 0.1) is 4.91 Å². The number of fused-ring (bicyclic) bond motifs is 1. The number of hydrogen-bond acceptors (Lipinski definition) is 4. The van der Waals surface area contributed by atoms with Crippen molar-refractivity contribution in [3.8, 4) is 11.6 Å². The molecule has 0 saturated carbocycles. The number of aromatic nitrogens is 1. The average Bonchev–Trinajstić information content (AvgIpc) is 2.84. The quantitative estimate of drug-likeness (QED) is 0.648. The van der Waals surface area contributed by atoms with Gasteiger partial charge in [0.25, 0.3) is 0 Å². The van der Waals surface area contributed by atoms with E-state index < -0.39 is 0 Å². The van der Waals surface area contributed by atoms with E-state index >= 15 is 0 Å². The fourth-order valence-electron chi connectivity index (χ4n) is 2.43. The Morgan fingerprint density at radius 3 is 2.57 bits per heavy atom. The van der Waals surface area contributed by atoms with E-state index in [9.17, 15) is 10.0 Å². The Bertz CT molecular complexity index is 863. The number of hydrogen-bond donors (Lipinski definition) is 1. The van der Waals surface area contributed by atoms with Gasteiger partial charge in [-0.2, -0.15) is 0 Å². The minimum absolute atomic E-state index is 0.0572. The molecule has 0 bridgehead atoms. The summed E-state index contributed by atoms with van der Waals surface area (Å²) in [6.07, 6.45) is 0. The SMILES string of the molecule is O=Nc1c(O)n(CCOc2ccccc2)c2c(Cl)c(Cl)ccc12. The van der Waals surface area contributed by atoms with Crippen molar-refractivity contribution in [1.29, 1.82) is 0 Å². The van der Waals surface area contributed by atoms with E-state index in [0.717, 1.165) is 0 Å². The van der Waals surface area contributed by atoms with Crippen LogP contribution in [0.3, 0.4) is 0 Å². The van der Waals surface area contributed by atoms with Gasteiger partial charge in [0, 0.05) is 5.39 Å². The first-order valence-electron chi connectivity index (χ1n) is 6.84. The van der Waals surface area contributed by atoms with Crippen LogP contribution in [0.1, 0.15) is 0 Å². The molecule has 23 heavy (non-hydrogen) atoms. The van der Waals surface area contributed by atoms with Gasteiger partial charge in [0.1, 0.15) is 12.4 Å². The fraction of sp³-hybridized carbons (Fsp3) is 0.125. The highest BCUT2D eigenvalue weighted by molar-refractivity contribution is 6.45. The summed E-state index contributed by atoms with van der Waals surface area (Å²) >= 11 is 12.2. The van der Waals surface area contributed by atoms with Gasteiger partial charge in [-0.25, -0.2) is 0 Å². The van der Waals surface area contributed by atoms with E-state index in [1.165, 1.54) is 4.57 Å². The van der Waals surface area contributed by atoms with Crippen molar-refractivity contribution in [2.24, 2.45) is 5.18 Å². The molecule has 1 N–H and O–H groups in total. The zero-order chi connectivity index (χ0) is 16.4. The highest BCUT2D eigenvalue weighted by Gasteiger charge is 2.21. The third-order valence-corrected chi connectivity index (χ3v) is 4.27.